The van der Waals surface area contributed by atoms with E-state index in [2.05, 4.69) is 36.2 Å². The van der Waals surface area contributed by atoms with Crippen molar-refractivity contribution in [3.63, 3.8) is 0 Å². The third kappa shape index (κ3) is 8.74. The van der Waals surface area contributed by atoms with Crippen molar-refractivity contribution in [1.82, 2.24) is 9.80 Å². The Balaban J connectivity index is 0. The van der Waals surface area contributed by atoms with Crippen LogP contribution in [0.3, 0.4) is 0 Å². The Morgan fingerprint density at radius 1 is 1.00 bits per heavy atom. The maximum atomic E-state index is 2.39. The van der Waals surface area contributed by atoms with Gasteiger partial charge < -0.3 is 22.2 Å². The van der Waals surface area contributed by atoms with Crippen molar-refractivity contribution in [2.75, 3.05) is 20.3 Å². The quantitative estimate of drug-likeness (QED) is 0.354. The molecule has 1 heterocycles. The van der Waals surface area contributed by atoms with E-state index in [9.17, 15) is 0 Å². The second kappa shape index (κ2) is 12.1. The van der Waals surface area contributed by atoms with Crippen LogP contribution >= 0.6 is 0 Å². The summed E-state index contributed by atoms with van der Waals surface area (Å²) in [6.45, 7) is 4.58. The molecule has 0 N–H and O–H groups in total. The Kier molecular flexibility index (Phi) is 14.4. The van der Waals surface area contributed by atoms with Gasteiger partial charge in [0.15, 0.2) is 0 Å². The van der Waals surface area contributed by atoms with Gasteiger partial charge in [-0.3, -0.25) is 0 Å². The molecule has 16 heavy (non-hydrogen) atoms. The standard InChI is InChI=1S/C12H24N2.ClH.Na/c1-3-4-5-6-7-8-9-14-11-10-13(2)12-14;;/h10-11H,3-9,12H2,1-2H3;1H;/q;;+1/p-1. The minimum Gasteiger partial charge on any atom is -1.00 e. The first-order valence-corrected chi connectivity index (χ1v) is 5.95. The molecule has 2 nitrogen and oxygen atoms in total. The average Bonchev–Trinajstić information content (AvgIpc) is 2.58. The first kappa shape index (κ1) is 19.0. The second-order valence-electron chi connectivity index (χ2n) is 4.28. The Morgan fingerprint density at radius 3 is 2.19 bits per heavy atom. The summed E-state index contributed by atoms with van der Waals surface area (Å²) in [6, 6.07) is 0. The van der Waals surface area contributed by atoms with E-state index in [0.29, 0.717) is 0 Å². The maximum absolute atomic E-state index is 2.39. The van der Waals surface area contributed by atoms with Crippen molar-refractivity contribution in [3.8, 4) is 0 Å². The third-order valence-corrected chi connectivity index (χ3v) is 2.74. The number of rotatable bonds is 7. The van der Waals surface area contributed by atoms with Crippen molar-refractivity contribution in [2.45, 2.75) is 45.4 Å². The van der Waals surface area contributed by atoms with E-state index in [1.807, 2.05) is 0 Å². The molecule has 1 rings (SSSR count). The number of hydrogen-bond acceptors (Lipinski definition) is 2. The predicted molar refractivity (Wildman–Crippen MR) is 61.9 cm³/mol. The van der Waals surface area contributed by atoms with Gasteiger partial charge >= 0.3 is 29.6 Å². The van der Waals surface area contributed by atoms with E-state index in [1.54, 1.807) is 0 Å². The molecule has 1 aliphatic heterocycles. The SMILES string of the molecule is CCCCCCCCN1C=CN(C)C1.[Cl-].[Na+]. The Morgan fingerprint density at radius 2 is 1.62 bits per heavy atom. The van der Waals surface area contributed by atoms with Crippen LogP contribution in [0.15, 0.2) is 12.4 Å². The molecule has 90 valence electrons. The first-order chi connectivity index (χ1) is 6.83. The van der Waals surface area contributed by atoms with Crippen LogP contribution in [0.4, 0.5) is 0 Å². The summed E-state index contributed by atoms with van der Waals surface area (Å²) in [7, 11) is 2.12. The van der Waals surface area contributed by atoms with Crippen LogP contribution in [0.1, 0.15) is 45.4 Å². The normalized spacial score (nSPS) is 13.6. The molecule has 0 saturated heterocycles. The smallest absolute Gasteiger partial charge is 1.00 e. The van der Waals surface area contributed by atoms with Crippen LogP contribution in [0.5, 0.6) is 0 Å². The topological polar surface area (TPSA) is 6.48 Å². The zero-order chi connectivity index (χ0) is 10.2. The van der Waals surface area contributed by atoms with Gasteiger partial charge in [-0.1, -0.05) is 39.0 Å². The van der Waals surface area contributed by atoms with E-state index in [-0.39, 0.29) is 42.0 Å². The summed E-state index contributed by atoms with van der Waals surface area (Å²) in [4.78, 5) is 4.61. The van der Waals surface area contributed by atoms with Gasteiger partial charge in [-0.25, -0.2) is 0 Å². The fourth-order valence-electron chi connectivity index (χ4n) is 1.83. The molecule has 0 aromatic carbocycles. The third-order valence-electron chi connectivity index (χ3n) is 2.74. The molecular formula is C12H24ClN2Na. The van der Waals surface area contributed by atoms with Crippen LogP contribution < -0.4 is 42.0 Å². The van der Waals surface area contributed by atoms with Gasteiger partial charge in [-0.2, -0.15) is 0 Å². The van der Waals surface area contributed by atoms with E-state index < -0.39 is 0 Å². The molecule has 4 heteroatoms. The van der Waals surface area contributed by atoms with Gasteiger partial charge in [0.05, 0.1) is 6.67 Å². The number of hydrogen-bond donors (Lipinski definition) is 0. The molecule has 0 aromatic rings. The van der Waals surface area contributed by atoms with Gasteiger partial charge in [0, 0.05) is 26.0 Å². The molecule has 0 amide bonds. The predicted octanol–water partition coefficient (Wildman–Crippen LogP) is -2.97. The van der Waals surface area contributed by atoms with Gasteiger partial charge in [0.2, 0.25) is 0 Å². The van der Waals surface area contributed by atoms with Crippen molar-refractivity contribution < 1.29 is 42.0 Å². The number of halogens is 1. The summed E-state index contributed by atoms with van der Waals surface area (Å²) in [5, 5.41) is 0. The van der Waals surface area contributed by atoms with Crippen molar-refractivity contribution in [1.29, 1.82) is 0 Å². The fourth-order valence-corrected chi connectivity index (χ4v) is 1.83. The Labute approximate surface area is 129 Å². The molecule has 0 spiro atoms. The van der Waals surface area contributed by atoms with Gasteiger partial charge in [-0.15, -0.1) is 0 Å². The van der Waals surface area contributed by atoms with Crippen LogP contribution in [-0.2, 0) is 0 Å². The van der Waals surface area contributed by atoms with E-state index >= 15 is 0 Å². The zero-order valence-corrected chi connectivity index (χ0v) is 13.8. The largest absolute Gasteiger partial charge is 1.00 e. The first-order valence-electron chi connectivity index (χ1n) is 5.95. The van der Waals surface area contributed by atoms with Crippen molar-refractivity contribution >= 4 is 0 Å². The zero-order valence-electron chi connectivity index (χ0n) is 11.1. The number of nitrogens with zero attached hydrogens (tertiary/aromatic N) is 2. The van der Waals surface area contributed by atoms with Crippen LogP contribution in [-0.4, -0.2) is 30.1 Å². The van der Waals surface area contributed by atoms with E-state index in [0.717, 1.165) is 6.67 Å². The minimum atomic E-state index is 0. The summed E-state index contributed by atoms with van der Waals surface area (Å²) in [5.74, 6) is 0. The fraction of sp³-hybridized carbons (Fsp3) is 0.833. The van der Waals surface area contributed by atoms with E-state index in [1.165, 1.54) is 45.1 Å². The van der Waals surface area contributed by atoms with Crippen LogP contribution in [0, 0.1) is 0 Å². The summed E-state index contributed by atoms with van der Waals surface area (Å²) in [5.41, 5.74) is 0. The summed E-state index contributed by atoms with van der Waals surface area (Å²) in [6.07, 6.45) is 12.7. The van der Waals surface area contributed by atoms with Crippen molar-refractivity contribution in [3.05, 3.63) is 12.4 Å². The minimum absolute atomic E-state index is 0. The summed E-state index contributed by atoms with van der Waals surface area (Å²) < 4.78 is 0. The molecular weight excluding hydrogens is 231 g/mol. The molecule has 0 aliphatic carbocycles. The Bertz CT molecular complexity index is 176. The molecule has 0 atom stereocenters. The number of unbranched alkanes of at least 4 members (excludes halogenated alkanes) is 5. The van der Waals surface area contributed by atoms with Crippen LogP contribution in [0.2, 0.25) is 0 Å². The van der Waals surface area contributed by atoms with E-state index in [4.69, 9.17) is 0 Å². The molecule has 1 aliphatic rings. The molecule has 0 radical (unpaired) electrons. The van der Waals surface area contributed by atoms with Crippen molar-refractivity contribution in [2.24, 2.45) is 0 Å². The van der Waals surface area contributed by atoms with Crippen LogP contribution in [0.25, 0.3) is 0 Å². The molecule has 0 fully saturated rings. The monoisotopic (exact) mass is 254 g/mol. The molecule has 0 aromatic heterocycles. The molecule has 0 unspecified atom stereocenters. The van der Waals surface area contributed by atoms with Gasteiger partial charge in [0.1, 0.15) is 0 Å². The summed E-state index contributed by atoms with van der Waals surface area (Å²) >= 11 is 0. The Hall–Kier alpha value is 0.630. The van der Waals surface area contributed by atoms with Gasteiger partial charge in [-0.05, 0) is 6.42 Å². The molecule has 0 saturated carbocycles. The van der Waals surface area contributed by atoms with Gasteiger partial charge in [0.25, 0.3) is 0 Å². The average molecular weight is 255 g/mol. The second-order valence-corrected chi connectivity index (χ2v) is 4.28. The molecule has 0 bridgehead atoms. The maximum Gasteiger partial charge on any atom is 1.00 e.